The third-order valence-electron chi connectivity index (χ3n) is 5.94. The van der Waals surface area contributed by atoms with Crippen molar-refractivity contribution in [3.8, 4) is 11.1 Å². The molecule has 0 spiro atoms. The number of nitrogens with one attached hydrogen (secondary N) is 2. The molecule has 0 atom stereocenters. The Hall–Kier alpha value is -4.96. The molecule has 0 radical (unpaired) electrons. The first kappa shape index (κ1) is 28.1. The zero-order chi connectivity index (χ0) is 28.6. The summed E-state index contributed by atoms with van der Waals surface area (Å²) in [6.07, 6.45) is 2.99. The van der Waals surface area contributed by atoms with Crippen molar-refractivity contribution in [2.75, 3.05) is 17.2 Å². The quantitative estimate of drug-likeness (QED) is 0.237. The molecule has 10 heteroatoms. The topological polar surface area (TPSA) is 123 Å². The third-order valence-corrected chi connectivity index (χ3v) is 5.94. The highest BCUT2D eigenvalue weighted by molar-refractivity contribution is 6.07. The maximum absolute atomic E-state index is 14.5. The van der Waals surface area contributed by atoms with Crippen molar-refractivity contribution in [2.24, 2.45) is 5.73 Å². The molecule has 0 fully saturated rings. The molecular formula is C30H26F2N4O4. The zero-order valence-corrected chi connectivity index (χ0v) is 21.5. The first-order valence-electron chi connectivity index (χ1n) is 12.4. The number of esters is 1. The first-order chi connectivity index (χ1) is 19.3. The number of aromatic nitrogens is 1. The number of halogens is 2. The van der Waals surface area contributed by atoms with Gasteiger partial charge in [-0.2, -0.15) is 0 Å². The minimum Gasteiger partial charge on any atom is -0.462 e. The van der Waals surface area contributed by atoms with Crippen LogP contribution in [0.25, 0.3) is 11.1 Å². The molecule has 0 saturated carbocycles. The number of hydrogen-bond acceptors (Lipinski definition) is 6. The maximum Gasteiger partial charge on any atom is 0.338 e. The molecule has 3 aromatic carbocycles. The Balaban J connectivity index is 1.59. The molecule has 0 unspecified atom stereocenters. The van der Waals surface area contributed by atoms with Gasteiger partial charge in [0, 0.05) is 23.9 Å². The molecule has 4 aromatic rings. The summed E-state index contributed by atoms with van der Waals surface area (Å²) in [7, 11) is 0. The number of rotatable bonds is 9. The lowest BCUT2D eigenvalue weighted by molar-refractivity contribution is 0.0504. The molecule has 0 saturated heterocycles. The van der Waals surface area contributed by atoms with Gasteiger partial charge in [-0.15, -0.1) is 0 Å². The van der Waals surface area contributed by atoms with E-state index in [-0.39, 0.29) is 41.2 Å². The number of hydrogen-bond donors (Lipinski definition) is 3. The molecule has 1 heterocycles. The van der Waals surface area contributed by atoms with Crippen LogP contribution < -0.4 is 16.4 Å². The number of pyridine rings is 1. The van der Waals surface area contributed by atoms with Crippen molar-refractivity contribution in [1.29, 1.82) is 0 Å². The van der Waals surface area contributed by atoms with Crippen LogP contribution in [0.5, 0.6) is 0 Å². The molecule has 4 N–H and O–H groups in total. The van der Waals surface area contributed by atoms with Gasteiger partial charge in [0.15, 0.2) is 5.82 Å². The van der Waals surface area contributed by atoms with E-state index < -0.39 is 29.4 Å². The Bertz CT molecular complexity index is 1580. The van der Waals surface area contributed by atoms with Crippen molar-refractivity contribution < 1.29 is 27.9 Å². The van der Waals surface area contributed by atoms with Gasteiger partial charge in [0.2, 0.25) is 0 Å². The predicted octanol–water partition coefficient (Wildman–Crippen LogP) is 5.56. The van der Waals surface area contributed by atoms with E-state index >= 15 is 0 Å². The summed E-state index contributed by atoms with van der Waals surface area (Å²) in [6.45, 7) is 2.22. The van der Waals surface area contributed by atoms with E-state index in [9.17, 15) is 23.2 Å². The van der Waals surface area contributed by atoms with Crippen LogP contribution in [0.1, 0.15) is 50.0 Å². The molecule has 0 aliphatic carbocycles. The van der Waals surface area contributed by atoms with E-state index in [1.54, 1.807) is 42.5 Å². The number of benzene rings is 3. The van der Waals surface area contributed by atoms with E-state index in [1.807, 2.05) is 6.92 Å². The Morgan fingerprint density at radius 1 is 0.850 bits per heavy atom. The van der Waals surface area contributed by atoms with E-state index in [4.69, 9.17) is 10.5 Å². The van der Waals surface area contributed by atoms with Crippen molar-refractivity contribution in [2.45, 2.75) is 19.9 Å². The fourth-order valence-electron chi connectivity index (χ4n) is 3.88. The molecule has 40 heavy (non-hydrogen) atoms. The van der Waals surface area contributed by atoms with E-state index in [2.05, 4.69) is 15.6 Å². The number of nitrogens with zero attached hydrogens (tertiary/aromatic N) is 1. The molecular weight excluding hydrogens is 518 g/mol. The average Bonchev–Trinajstić information content (AvgIpc) is 2.97. The summed E-state index contributed by atoms with van der Waals surface area (Å²) >= 11 is 0. The first-order valence-corrected chi connectivity index (χ1v) is 12.4. The van der Waals surface area contributed by atoms with Gasteiger partial charge >= 0.3 is 5.97 Å². The summed E-state index contributed by atoms with van der Waals surface area (Å²) in [6, 6.07) is 16.3. The molecule has 4 rings (SSSR count). The number of anilines is 2. The lowest BCUT2D eigenvalue weighted by Gasteiger charge is -2.13. The van der Waals surface area contributed by atoms with E-state index in [0.717, 1.165) is 12.3 Å². The second-order valence-electron chi connectivity index (χ2n) is 8.75. The molecule has 2 amide bonds. The van der Waals surface area contributed by atoms with Crippen molar-refractivity contribution >= 4 is 29.2 Å². The second kappa shape index (κ2) is 12.7. The van der Waals surface area contributed by atoms with Crippen LogP contribution in [-0.4, -0.2) is 29.4 Å². The monoisotopic (exact) mass is 544 g/mol. The maximum atomic E-state index is 14.5. The normalized spacial score (nSPS) is 10.6. The van der Waals surface area contributed by atoms with Crippen LogP contribution in [0.2, 0.25) is 0 Å². The van der Waals surface area contributed by atoms with Gasteiger partial charge in [-0.05, 0) is 71.6 Å². The van der Waals surface area contributed by atoms with Crippen molar-refractivity contribution in [1.82, 2.24) is 4.98 Å². The molecule has 1 aromatic heterocycles. The van der Waals surface area contributed by atoms with Gasteiger partial charge in [0.25, 0.3) is 11.8 Å². The molecule has 0 aliphatic rings. The summed E-state index contributed by atoms with van der Waals surface area (Å²) in [4.78, 5) is 41.7. The number of carbonyl (C=O) groups is 3. The minimum atomic E-state index is -0.716. The Morgan fingerprint density at radius 3 is 2.30 bits per heavy atom. The van der Waals surface area contributed by atoms with Gasteiger partial charge in [0.1, 0.15) is 5.82 Å². The number of nitrogens with two attached hydrogens (primary N) is 1. The predicted molar refractivity (Wildman–Crippen MR) is 147 cm³/mol. The Labute approximate surface area is 229 Å². The number of ether oxygens (including phenoxy) is 1. The molecule has 0 aliphatic heterocycles. The van der Waals surface area contributed by atoms with Crippen LogP contribution in [0.4, 0.5) is 20.2 Å². The van der Waals surface area contributed by atoms with Crippen LogP contribution in [0, 0.1) is 11.6 Å². The fourth-order valence-corrected chi connectivity index (χ4v) is 3.88. The summed E-state index contributed by atoms with van der Waals surface area (Å²) < 4.78 is 33.5. The van der Waals surface area contributed by atoms with Crippen LogP contribution in [0.15, 0.2) is 79.1 Å². The Kier molecular flexibility index (Phi) is 8.93. The standard InChI is InChI=1S/C30H26F2N4O4/c1-2-12-40-30(39)21-8-9-24(31)27(15-21)36-28(37)19-5-3-4-18(13-19)23-14-20(6-7-22(23)16-33)29(38)35-26-10-11-34-17-25(26)32/h3-11,13-15,17H,2,12,16,33H2,1H3,(H,36,37)(H,34,35,38). The largest absolute Gasteiger partial charge is 0.462 e. The summed E-state index contributed by atoms with van der Waals surface area (Å²) in [5, 5.41) is 5.01. The second-order valence-corrected chi connectivity index (χ2v) is 8.75. The highest BCUT2D eigenvalue weighted by Crippen LogP contribution is 2.27. The van der Waals surface area contributed by atoms with Crippen molar-refractivity contribution in [3.05, 3.63) is 113 Å². The van der Waals surface area contributed by atoms with Crippen LogP contribution in [-0.2, 0) is 11.3 Å². The Morgan fingerprint density at radius 2 is 1.57 bits per heavy atom. The van der Waals surface area contributed by atoms with Gasteiger partial charge in [-0.1, -0.05) is 25.1 Å². The molecule has 0 bridgehead atoms. The van der Waals surface area contributed by atoms with Crippen molar-refractivity contribution in [3.63, 3.8) is 0 Å². The minimum absolute atomic E-state index is 0.0157. The van der Waals surface area contributed by atoms with Crippen LogP contribution >= 0.6 is 0 Å². The smallest absolute Gasteiger partial charge is 0.338 e. The highest BCUT2D eigenvalue weighted by atomic mass is 19.1. The molecule has 204 valence electrons. The van der Waals surface area contributed by atoms with Gasteiger partial charge in [0.05, 0.1) is 29.7 Å². The zero-order valence-electron chi connectivity index (χ0n) is 21.5. The lowest BCUT2D eigenvalue weighted by atomic mass is 9.95. The van der Waals surface area contributed by atoms with Gasteiger partial charge < -0.3 is 21.1 Å². The summed E-state index contributed by atoms with van der Waals surface area (Å²) in [5.74, 6) is -3.17. The summed E-state index contributed by atoms with van der Waals surface area (Å²) in [5.41, 5.74) is 8.16. The molecule has 8 nitrogen and oxygen atoms in total. The third kappa shape index (κ3) is 6.54. The average molecular weight is 545 g/mol. The number of amides is 2. The number of carbonyl (C=O) groups excluding carboxylic acids is 3. The lowest BCUT2D eigenvalue weighted by Crippen LogP contribution is -2.15. The van der Waals surface area contributed by atoms with E-state index in [0.29, 0.717) is 23.1 Å². The highest BCUT2D eigenvalue weighted by Gasteiger charge is 2.17. The van der Waals surface area contributed by atoms with Gasteiger partial charge in [-0.25, -0.2) is 13.6 Å². The SMILES string of the molecule is CCCOC(=O)c1ccc(F)c(NC(=O)c2cccc(-c3cc(C(=O)Nc4ccncc4F)ccc3CN)c2)c1. The van der Waals surface area contributed by atoms with Gasteiger partial charge in [-0.3, -0.25) is 14.6 Å². The van der Waals surface area contributed by atoms with E-state index in [1.165, 1.54) is 24.4 Å². The van der Waals surface area contributed by atoms with Crippen LogP contribution in [0.3, 0.4) is 0 Å². The fraction of sp³-hybridized carbons (Fsp3) is 0.133.